The zero-order chi connectivity index (χ0) is 22.1. The van der Waals surface area contributed by atoms with Gasteiger partial charge in [0.2, 0.25) is 0 Å². The van der Waals surface area contributed by atoms with Crippen LogP contribution in [0.15, 0.2) is 54.6 Å². The summed E-state index contributed by atoms with van der Waals surface area (Å²) in [7, 11) is -3.74. The van der Waals surface area contributed by atoms with Crippen molar-refractivity contribution in [3.8, 4) is 5.75 Å². The highest BCUT2D eigenvalue weighted by Gasteiger charge is 2.30. The molecule has 2 N–H and O–H groups in total. The summed E-state index contributed by atoms with van der Waals surface area (Å²) in [5.74, 6) is -1.98. The molecule has 0 heterocycles. The highest BCUT2D eigenvalue weighted by atomic mass is 32.2. The zero-order valence-corrected chi connectivity index (χ0v) is 17.6. The summed E-state index contributed by atoms with van der Waals surface area (Å²) in [5, 5.41) is 0. The summed E-state index contributed by atoms with van der Waals surface area (Å²) >= 11 is 0. The molecule has 0 aliphatic heterocycles. The number of esters is 2. The number of benzene rings is 2. The molecule has 8 nitrogen and oxygen atoms in total. The Morgan fingerprint density at radius 3 is 2.37 bits per heavy atom. The number of nitrogens with two attached hydrogens (primary N) is 1. The molecule has 2 aromatic carbocycles. The van der Waals surface area contributed by atoms with Crippen LogP contribution in [0, 0.1) is 0 Å². The third-order valence-corrected chi connectivity index (χ3v) is 4.65. The van der Waals surface area contributed by atoms with E-state index < -0.39 is 34.0 Å². The van der Waals surface area contributed by atoms with E-state index in [0.717, 1.165) is 11.8 Å². The fourth-order valence-electron chi connectivity index (χ4n) is 2.81. The second-order valence-corrected chi connectivity index (χ2v) is 8.17. The average molecular weight is 435 g/mol. The van der Waals surface area contributed by atoms with Gasteiger partial charge in [0, 0.05) is 5.92 Å². The molecular weight excluding hydrogens is 410 g/mol. The molecule has 9 heteroatoms. The SMILES string of the molecule is CCOC(=O)CC(c1cccc(OS(C)(=O)=O)c1)C(N)C(=O)OCc1ccccc1. The lowest BCUT2D eigenvalue weighted by atomic mass is 9.88. The average Bonchev–Trinajstić information content (AvgIpc) is 2.69. The molecular formula is C21H25NO7S. The summed E-state index contributed by atoms with van der Waals surface area (Å²) < 4.78 is 38.0. The van der Waals surface area contributed by atoms with Gasteiger partial charge in [-0.15, -0.1) is 0 Å². The maximum atomic E-state index is 12.6. The van der Waals surface area contributed by atoms with Gasteiger partial charge in [-0.2, -0.15) is 8.42 Å². The fraction of sp³-hybridized carbons (Fsp3) is 0.333. The van der Waals surface area contributed by atoms with Gasteiger partial charge in [0.15, 0.2) is 0 Å². The summed E-state index contributed by atoms with van der Waals surface area (Å²) in [4.78, 5) is 24.6. The molecule has 2 rings (SSSR count). The molecule has 2 aromatic rings. The van der Waals surface area contributed by atoms with Crippen molar-refractivity contribution in [2.75, 3.05) is 12.9 Å². The minimum atomic E-state index is -3.74. The van der Waals surface area contributed by atoms with Gasteiger partial charge in [0.1, 0.15) is 18.4 Å². The Morgan fingerprint density at radius 1 is 1.03 bits per heavy atom. The van der Waals surface area contributed by atoms with Crippen molar-refractivity contribution < 1.29 is 31.7 Å². The minimum absolute atomic E-state index is 0.0384. The van der Waals surface area contributed by atoms with Crippen molar-refractivity contribution in [2.45, 2.75) is 31.9 Å². The smallest absolute Gasteiger partial charge is 0.323 e. The Labute approximate surface area is 176 Å². The van der Waals surface area contributed by atoms with Crippen LogP contribution >= 0.6 is 0 Å². The van der Waals surface area contributed by atoms with Crippen LogP contribution in [0.2, 0.25) is 0 Å². The van der Waals surface area contributed by atoms with E-state index in [9.17, 15) is 18.0 Å². The molecule has 0 amide bonds. The van der Waals surface area contributed by atoms with Gasteiger partial charge < -0.3 is 19.4 Å². The van der Waals surface area contributed by atoms with E-state index in [4.69, 9.17) is 19.4 Å². The van der Waals surface area contributed by atoms with Gasteiger partial charge in [-0.3, -0.25) is 9.59 Å². The lowest BCUT2D eigenvalue weighted by molar-refractivity contribution is -0.148. The van der Waals surface area contributed by atoms with Crippen LogP contribution < -0.4 is 9.92 Å². The van der Waals surface area contributed by atoms with Crippen molar-refractivity contribution in [2.24, 2.45) is 5.73 Å². The number of carbonyl (C=O) groups excluding carboxylic acids is 2. The predicted molar refractivity (Wildman–Crippen MR) is 110 cm³/mol. The first-order chi connectivity index (χ1) is 14.2. The van der Waals surface area contributed by atoms with Gasteiger partial charge in [-0.25, -0.2) is 0 Å². The van der Waals surface area contributed by atoms with Crippen LogP contribution in [0.25, 0.3) is 0 Å². The Morgan fingerprint density at radius 2 is 1.73 bits per heavy atom. The summed E-state index contributed by atoms with van der Waals surface area (Å²) in [5.41, 5.74) is 7.39. The Kier molecular flexibility index (Phi) is 8.37. The highest BCUT2D eigenvalue weighted by Crippen LogP contribution is 2.28. The van der Waals surface area contributed by atoms with Gasteiger partial charge in [0.25, 0.3) is 0 Å². The Hall–Kier alpha value is -2.91. The fourth-order valence-corrected chi connectivity index (χ4v) is 3.27. The van der Waals surface area contributed by atoms with Gasteiger partial charge in [-0.05, 0) is 30.2 Å². The van der Waals surface area contributed by atoms with E-state index in [1.54, 1.807) is 31.2 Å². The van der Waals surface area contributed by atoms with Crippen LogP contribution in [0.5, 0.6) is 5.75 Å². The van der Waals surface area contributed by atoms with Crippen LogP contribution in [0.3, 0.4) is 0 Å². The topological polar surface area (TPSA) is 122 Å². The molecule has 162 valence electrons. The molecule has 0 aliphatic carbocycles. The van der Waals surface area contributed by atoms with Crippen molar-refractivity contribution in [3.05, 3.63) is 65.7 Å². The molecule has 0 spiro atoms. The van der Waals surface area contributed by atoms with Gasteiger partial charge in [0.05, 0.1) is 19.3 Å². The van der Waals surface area contributed by atoms with E-state index in [-0.39, 0.29) is 25.4 Å². The number of hydrogen-bond donors (Lipinski definition) is 1. The molecule has 2 atom stereocenters. The number of rotatable bonds is 10. The first-order valence-corrected chi connectivity index (χ1v) is 11.1. The zero-order valence-electron chi connectivity index (χ0n) is 16.8. The Balaban J connectivity index is 2.22. The number of ether oxygens (including phenoxy) is 2. The number of hydrogen-bond acceptors (Lipinski definition) is 8. The summed E-state index contributed by atoms with van der Waals surface area (Å²) in [6.07, 6.45) is 0.736. The molecule has 0 radical (unpaired) electrons. The van der Waals surface area contributed by atoms with E-state index >= 15 is 0 Å². The van der Waals surface area contributed by atoms with Crippen LogP contribution in [0.4, 0.5) is 0 Å². The van der Waals surface area contributed by atoms with Crippen molar-refractivity contribution >= 4 is 22.1 Å². The highest BCUT2D eigenvalue weighted by molar-refractivity contribution is 7.86. The molecule has 30 heavy (non-hydrogen) atoms. The maximum Gasteiger partial charge on any atom is 0.323 e. The molecule has 2 unspecified atom stereocenters. The first kappa shape index (κ1) is 23.4. The van der Waals surface area contributed by atoms with Crippen molar-refractivity contribution in [1.82, 2.24) is 0 Å². The number of carbonyl (C=O) groups is 2. The lowest BCUT2D eigenvalue weighted by Crippen LogP contribution is -2.39. The van der Waals surface area contributed by atoms with E-state index in [2.05, 4.69) is 0 Å². The molecule has 0 bridgehead atoms. The van der Waals surface area contributed by atoms with Crippen LogP contribution in [-0.4, -0.2) is 39.3 Å². The third-order valence-electron chi connectivity index (χ3n) is 4.16. The second kappa shape index (κ2) is 10.7. The van der Waals surface area contributed by atoms with Crippen molar-refractivity contribution in [3.63, 3.8) is 0 Å². The molecule has 0 aliphatic rings. The molecule has 0 aromatic heterocycles. The summed E-state index contributed by atoms with van der Waals surface area (Å²) in [6.45, 7) is 1.88. The van der Waals surface area contributed by atoms with Gasteiger partial charge >= 0.3 is 22.1 Å². The monoisotopic (exact) mass is 435 g/mol. The Bertz CT molecular complexity index is 960. The van der Waals surface area contributed by atoms with Gasteiger partial charge in [-0.1, -0.05) is 42.5 Å². The normalized spacial score (nSPS) is 13.2. The first-order valence-electron chi connectivity index (χ1n) is 9.30. The third kappa shape index (κ3) is 7.49. The van der Waals surface area contributed by atoms with E-state index in [1.807, 2.05) is 18.2 Å². The second-order valence-electron chi connectivity index (χ2n) is 6.59. The van der Waals surface area contributed by atoms with Crippen LogP contribution in [-0.2, 0) is 35.8 Å². The molecule has 0 fully saturated rings. The predicted octanol–water partition coefficient (Wildman–Crippen LogP) is 2.13. The largest absolute Gasteiger partial charge is 0.466 e. The molecule has 0 saturated carbocycles. The van der Waals surface area contributed by atoms with E-state index in [1.165, 1.54) is 12.1 Å². The summed E-state index contributed by atoms with van der Waals surface area (Å²) in [6, 6.07) is 14.0. The van der Waals surface area contributed by atoms with Crippen LogP contribution in [0.1, 0.15) is 30.4 Å². The lowest BCUT2D eigenvalue weighted by Gasteiger charge is -2.23. The minimum Gasteiger partial charge on any atom is -0.466 e. The molecule has 0 saturated heterocycles. The van der Waals surface area contributed by atoms with E-state index in [0.29, 0.717) is 5.56 Å². The quantitative estimate of drug-likeness (QED) is 0.445. The standard InChI is InChI=1S/C21H25NO7S/c1-3-27-19(23)13-18(16-10-7-11-17(12-16)29-30(2,25)26)20(22)21(24)28-14-15-8-5-4-6-9-15/h4-12,18,20H,3,13-14,22H2,1-2H3. The van der Waals surface area contributed by atoms with Crippen molar-refractivity contribution in [1.29, 1.82) is 0 Å². The maximum absolute atomic E-state index is 12.6.